The Labute approximate surface area is 114 Å². The molecule has 0 radical (unpaired) electrons. The fourth-order valence-electron chi connectivity index (χ4n) is 2.18. The van der Waals surface area contributed by atoms with E-state index >= 15 is 0 Å². The molecule has 1 atom stereocenters. The van der Waals surface area contributed by atoms with Gasteiger partial charge < -0.3 is 10.6 Å². The molecule has 1 fully saturated rings. The Hall–Kier alpha value is -1.65. The van der Waals surface area contributed by atoms with Crippen LogP contribution in [0.5, 0.6) is 0 Å². The Balaban J connectivity index is 1.91. The molecule has 0 bridgehead atoms. The molecule has 1 amide bonds. The summed E-state index contributed by atoms with van der Waals surface area (Å²) in [5, 5.41) is 6.20. The molecule has 19 heavy (non-hydrogen) atoms. The van der Waals surface area contributed by atoms with Gasteiger partial charge in [-0.1, -0.05) is 19.8 Å². The van der Waals surface area contributed by atoms with E-state index in [1.807, 2.05) is 13.8 Å². The van der Waals surface area contributed by atoms with Gasteiger partial charge in [0.25, 0.3) is 5.91 Å². The lowest BCUT2D eigenvalue weighted by atomic mass is 10.2. The molecule has 2 rings (SSSR count). The van der Waals surface area contributed by atoms with Crippen LogP contribution in [-0.4, -0.2) is 28.0 Å². The molecule has 5 nitrogen and oxygen atoms in total. The van der Waals surface area contributed by atoms with Crippen molar-refractivity contribution in [1.29, 1.82) is 0 Å². The van der Waals surface area contributed by atoms with Crippen molar-refractivity contribution in [2.45, 2.75) is 58.0 Å². The first-order valence-electron chi connectivity index (χ1n) is 7.08. The van der Waals surface area contributed by atoms with E-state index in [1.165, 1.54) is 25.7 Å². The average molecular weight is 262 g/mol. The smallest absolute Gasteiger partial charge is 0.254 e. The van der Waals surface area contributed by atoms with Crippen molar-refractivity contribution in [3.05, 3.63) is 18.0 Å². The van der Waals surface area contributed by atoms with E-state index in [1.54, 1.807) is 12.4 Å². The topological polar surface area (TPSA) is 66.9 Å². The summed E-state index contributed by atoms with van der Waals surface area (Å²) in [6, 6.07) is 0.656. The van der Waals surface area contributed by atoms with Crippen molar-refractivity contribution in [3.63, 3.8) is 0 Å². The number of hydrogen-bond acceptors (Lipinski definition) is 4. The highest BCUT2D eigenvalue weighted by Gasteiger charge is 2.16. The van der Waals surface area contributed by atoms with Gasteiger partial charge in [0.2, 0.25) is 5.95 Å². The monoisotopic (exact) mass is 262 g/mol. The number of nitrogens with one attached hydrogen (secondary N) is 2. The second-order valence-corrected chi connectivity index (χ2v) is 5.20. The van der Waals surface area contributed by atoms with E-state index in [0.717, 1.165) is 6.42 Å². The molecule has 1 heterocycles. The molecule has 0 spiro atoms. The third kappa shape index (κ3) is 3.91. The molecule has 1 saturated carbocycles. The van der Waals surface area contributed by atoms with Crippen molar-refractivity contribution in [1.82, 2.24) is 15.3 Å². The normalized spacial score (nSPS) is 17.2. The van der Waals surface area contributed by atoms with E-state index in [4.69, 9.17) is 0 Å². The maximum Gasteiger partial charge on any atom is 0.254 e. The molecule has 0 saturated heterocycles. The first kappa shape index (κ1) is 13.8. The number of amides is 1. The number of carbonyl (C=O) groups is 1. The molecule has 1 unspecified atom stereocenters. The molecule has 2 N–H and O–H groups in total. The van der Waals surface area contributed by atoms with Gasteiger partial charge in [0.05, 0.1) is 5.56 Å². The Bertz CT molecular complexity index is 412. The molecule has 1 aliphatic carbocycles. The predicted molar refractivity (Wildman–Crippen MR) is 75.1 cm³/mol. The molecular formula is C14H22N4O. The van der Waals surface area contributed by atoms with Crippen molar-refractivity contribution < 1.29 is 4.79 Å². The summed E-state index contributed by atoms with van der Waals surface area (Å²) in [4.78, 5) is 20.3. The molecule has 104 valence electrons. The van der Waals surface area contributed by atoms with Gasteiger partial charge in [0, 0.05) is 24.5 Å². The Morgan fingerprint density at radius 2 is 2.00 bits per heavy atom. The molecule has 0 aliphatic heterocycles. The largest absolute Gasteiger partial charge is 0.351 e. The van der Waals surface area contributed by atoms with Crippen LogP contribution in [0.15, 0.2) is 12.4 Å². The summed E-state index contributed by atoms with van der Waals surface area (Å²) in [6.45, 7) is 4.02. The zero-order valence-electron chi connectivity index (χ0n) is 11.6. The zero-order valence-corrected chi connectivity index (χ0v) is 11.6. The van der Waals surface area contributed by atoms with Crippen LogP contribution < -0.4 is 10.6 Å². The molecule has 5 heteroatoms. The van der Waals surface area contributed by atoms with Crippen molar-refractivity contribution >= 4 is 11.9 Å². The Morgan fingerprint density at radius 1 is 1.37 bits per heavy atom. The summed E-state index contributed by atoms with van der Waals surface area (Å²) < 4.78 is 0. The highest BCUT2D eigenvalue weighted by Crippen LogP contribution is 2.20. The van der Waals surface area contributed by atoms with Crippen LogP contribution in [-0.2, 0) is 0 Å². The number of hydrogen-bond donors (Lipinski definition) is 2. The maximum absolute atomic E-state index is 11.9. The average Bonchev–Trinajstić information content (AvgIpc) is 2.92. The highest BCUT2D eigenvalue weighted by atomic mass is 16.1. The number of nitrogens with zero attached hydrogens (tertiary/aromatic N) is 2. The first-order chi connectivity index (χ1) is 9.19. The number of anilines is 1. The maximum atomic E-state index is 11.9. The van der Waals surface area contributed by atoms with E-state index in [2.05, 4.69) is 20.6 Å². The van der Waals surface area contributed by atoms with Gasteiger partial charge in [0.15, 0.2) is 0 Å². The van der Waals surface area contributed by atoms with Gasteiger partial charge in [-0.05, 0) is 26.2 Å². The lowest BCUT2D eigenvalue weighted by molar-refractivity contribution is 0.0938. The molecule has 1 aromatic heterocycles. The number of carbonyl (C=O) groups excluding carboxylic acids is 1. The van der Waals surface area contributed by atoms with Gasteiger partial charge in [-0.15, -0.1) is 0 Å². The van der Waals surface area contributed by atoms with Gasteiger partial charge >= 0.3 is 0 Å². The second kappa shape index (κ2) is 6.50. The van der Waals surface area contributed by atoms with Gasteiger partial charge in [-0.25, -0.2) is 9.97 Å². The van der Waals surface area contributed by atoms with Crippen molar-refractivity contribution in [2.75, 3.05) is 5.32 Å². The first-order valence-corrected chi connectivity index (χ1v) is 7.08. The zero-order chi connectivity index (χ0) is 13.7. The number of rotatable bonds is 5. The van der Waals surface area contributed by atoms with Gasteiger partial charge in [-0.2, -0.15) is 0 Å². The fraction of sp³-hybridized carbons (Fsp3) is 0.643. The van der Waals surface area contributed by atoms with Gasteiger partial charge in [-0.3, -0.25) is 4.79 Å². The summed E-state index contributed by atoms with van der Waals surface area (Å²) in [5.74, 6) is 0.508. The lowest BCUT2D eigenvalue weighted by Crippen LogP contribution is -2.32. The highest BCUT2D eigenvalue weighted by molar-refractivity contribution is 5.93. The summed E-state index contributed by atoms with van der Waals surface area (Å²) in [6.07, 6.45) is 8.98. The SMILES string of the molecule is CCC(C)NC(=O)c1cnc(NC2CCCC2)nc1. The summed E-state index contributed by atoms with van der Waals surface area (Å²) >= 11 is 0. The van der Waals surface area contributed by atoms with E-state index in [9.17, 15) is 4.79 Å². The van der Waals surface area contributed by atoms with E-state index < -0.39 is 0 Å². The second-order valence-electron chi connectivity index (χ2n) is 5.20. The fourth-order valence-corrected chi connectivity index (χ4v) is 2.18. The predicted octanol–water partition coefficient (Wildman–Crippen LogP) is 2.36. The van der Waals surface area contributed by atoms with Crippen molar-refractivity contribution in [3.8, 4) is 0 Å². The third-order valence-electron chi connectivity index (χ3n) is 3.59. The minimum absolute atomic E-state index is 0.109. The van der Waals surface area contributed by atoms with E-state index in [0.29, 0.717) is 17.6 Å². The number of aromatic nitrogens is 2. The van der Waals surface area contributed by atoms with Crippen LogP contribution in [0.1, 0.15) is 56.3 Å². The quantitative estimate of drug-likeness (QED) is 0.855. The minimum Gasteiger partial charge on any atom is -0.351 e. The minimum atomic E-state index is -0.109. The third-order valence-corrected chi connectivity index (χ3v) is 3.59. The van der Waals surface area contributed by atoms with Gasteiger partial charge in [0.1, 0.15) is 0 Å². The van der Waals surface area contributed by atoms with E-state index in [-0.39, 0.29) is 11.9 Å². The molecule has 0 aromatic carbocycles. The molecular weight excluding hydrogens is 240 g/mol. The standard InChI is InChI=1S/C14H22N4O/c1-3-10(2)17-13(19)11-8-15-14(16-9-11)18-12-6-4-5-7-12/h8-10,12H,3-7H2,1-2H3,(H,17,19)(H,15,16,18). The van der Waals surface area contributed by atoms with Crippen LogP contribution in [0.25, 0.3) is 0 Å². The van der Waals surface area contributed by atoms with Crippen molar-refractivity contribution in [2.24, 2.45) is 0 Å². The van der Waals surface area contributed by atoms with Crippen LogP contribution in [0.3, 0.4) is 0 Å². The van der Waals surface area contributed by atoms with Crippen LogP contribution in [0, 0.1) is 0 Å². The Morgan fingerprint density at radius 3 is 2.58 bits per heavy atom. The summed E-state index contributed by atoms with van der Waals surface area (Å²) in [5.41, 5.74) is 0.511. The van der Waals surface area contributed by atoms with Crippen LogP contribution >= 0.6 is 0 Å². The Kier molecular flexibility index (Phi) is 4.71. The van der Waals surface area contributed by atoms with Crippen LogP contribution in [0.4, 0.5) is 5.95 Å². The molecule has 1 aliphatic rings. The van der Waals surface area contributed by atoms with Crippen LogP contribution in [0.2, 0.25) is 0 Å². The molecule has 1 aromatic rings. The summed E-state index contributed by atoms with van der Waals surface area (Å²) in [7, 11) is 0. The lowest BCUT2D eigenvalue weighted by Gasteiger charge is -2.13.